The number of carbonyl (C=O) groups is 1. The number of amides is 1. The summed E-state index contributed by atoms with van der Waals surface area (Å²) in [6.45, 7) is 0.662. The lowest BCUT2D eigenvalue weighted by Crippen LogP contribution is -2.26. The summed E-state index contributed by atoms with van der Waals surface area (Å²) in [5.41, 5.74) is 7.58. The third-order valence-electron chi connectivity index (χ3n) is 2.43. The second-order valence-corrected chi connectivity index (χ2v) is 4.91. The van der Waals surface area contributed by atoms with Crippen molar-refractivity contribution < 1.29 is 4.79 Å². The minimum Gasteiger partial charge on any atom is -0.399 e. The van der Waals surface area contributed by atoms with E-state index in [4.69, 9.17) is 12.2 Å². The highest BCUT2D eigenvalue weighted by Crippen LogP contribution is 2.12. The van der Waals surface area contributed by atoms with E-state index in [2.05, 4.69) is 11.2 Å². The van der Waals surface area contributed by atoms with Gasteiger partial charge in [0.1, 0.15) is 0 Å². The second kappa shape index (κ2) is 8.48. The number of anilines is 1. The molecule has 1 aromatic carbocycles. The van der Waals surface area contributed by atoms with Crippen LogP contribution in [0.2, 0.25) is 0 Å². The van der Waals surface area contributed by atoms with Crippen molar-refractivity contribution >= 4 is 23.4 Å². The van der Waals surface area contributed by atoms with Crippen molar-refractivity contribution in [2.45, 2.75) is 12.8 Å². The van der Waals surface area contributed by atoms with Crippen LogP contribution in [0.25, 0.3) is 0 Å². The zero-order valence-electron chi connectivity index (χ0n) is 10.3. The first kappa shape index (κ1) is 14.5. The predicted octanol–water partition coefficient (Wildman–Crippen LogP) is 1.68. The molecule has 0 aliphatic carbocycles. The molecule has 0 saturated heterocycles. The Morgan fingerprint density at radius 1 is 1.44 bits per heavy atom. The lowest BCUT2D eigenvalue weighted by Gasteiger charge is -2.06. The van der Waals surface area contributed by atoms with Crippen LogP contribution in [-0.2, 0) is 11.2 Å². The predicted molar refractivity (Wildman–Crippen MR) is 78.3 cm³/mol. The Bertz CT molecular complexity index is 426. The zero-order valence-corrected chi connectivity index (χ0v) is 11.1. The average Bonchev–Trinajstić information content (AvgIpc) is 2.37. The largest absolute Gasteiger partial charge is 0.399 e. The molecule has 0 aliphatic heterocycles. The Hall–Kier alpha value is -1.60. The van der Waals surface area contributed by atoms with Gasteiger partial charge in [0.05, 0.1) is 5.75 Å². The van der Waals surface area contributed by atoms with E-state index in [1.807, 2.05) is 24.3 Å². The van der Waals surface area contributed by atoms with Crippen molar-refractivity contribution in [2.75, 3.05) is 23.8 Å². The summed E-state index contributed by atoms with van der Waals surface area (Å²) >= 11 is 1.64. The maximum Gasteiger partial charge on any atom is 0.220 e. The average molecular weight is 262 g/mol. The lowest BCUT2D eigenvalue weighted by atomic mass is 10.1. The minimum absolute atomic E-state index is 0.0551. The number of benzene rings is 1. The highest BCUT2D eigenvalue weighted by molar-refractivity contribution is 7.99. The van der Waals surface area contributed by atoms with Crippen LogP contribution in [0.3, 0.4) is 0 Å². The molecular weight excluding hydrogens is 244 g/mol. The third kappa shape index (κ3) is 5.65. The first-order valence-electron chi connectivity index (χ1n) is 5.85. The zero-order chi connectivity index (χ0) is 13.2. The summed E-state index contributed by atoms with van der Waals surface area (Å²) < 4.78 is 0. The number of thioether (sulfide) groups is 1. The maximum atomic E-state index is 11.6. The Balaban J connectivity index is 2.18. The fraction of sp³-hybridized carbons (Fsp3) is 0.357. The van der Waals surface area contributed by atoms with Crippen LogP contribution in [0.15, 0.2) is 24.3 Å². The van der Waals surface area contributed by atoms with E-state index in [1.165, 1.54) is 0 Å². The Morgan fingerprint density at radius 2 is 2.22 bits per heavy atom. The van der Waals surface area contributed by atoms with E-state index >= 15 is 0 Å². The molecule has 0 fully saturated rings. The molecule has 0 saturated carbocycles. The fourth-order valence-electron chi connectivity index (χ4n) is 1.49. The maximum absolute atomic E-state index is 11.6. The van der Waals surface area contributed by atoms with Gasteiger partial charge in [0, 0.05) is 24.4 Å². The quantitative estimate of drug-likeness (QED) is 0.446. The first-order valence-corrected chi connectivity index (χ1v) is 7.01. The number of aryl methyl sites for hydroxylation is 1. The molecule has 18 heavy (non-hydrogen) atoms. The van der Waals surface area contributed by atoms with Gasteiger partial charge in [0.2, 0.25) is 5.91 Å². The van der Waals surface area contributed by atoms with Crippen LogP contribution in [-0.4, -0.2) is 24.0 Å². The van der Waals surface area contributed by atoms with Gasteiger partial charge in [0.15, 0.2) is 0 Å². The molecule has 0 aliphatic rings. The van der Waals surface area contributed by atoms with Crippen molar-refractivity contribution in [1.82, 2.24) is 5.32 Å². The van der Waals surface area contributed by atoms with E-state index in [1.54, 1.807) is 11.8 Å². The lowest BCUT2D eigenvalue weighted by molar-refractivity contribution is -0.120. The first-order chi connectivity index (χ1) is 8.74. The normalized spacial score (nSPS) is 9.72. The van der Waals surface area contributed by atoms with Crippen LogP contribution in [0, 0.1) is 12.3 Å². The number of nitrogen functional groups attached to an aromatic ring is 1. The van der Waals surface area contributed by atoms with Gasteiger partial charge in [-0.05, 0) is 18.1 Å². The number of hydrogen-bond acceptors (Lipinski definition) is 3. The number of hydrogen-bond donors (Lipinski definition) is 2. The summed E-state index contributed by atoms with van der Waals surface area (Å²) in [6, 6.07) is 7.62. The van der Waals surface area contributed by atoms with Crippen molar-refractivity contribution in [1.29, 1.82) is 0 Å². The number of carbonyl (C=O) groups excluding carboxylic acids is 1. The van der Waals surface area contributed by atoms with Gasteiger partial charge in [-0.25, -0.2) is 0 Å². The smallest absolute Gasteiger partial charge is 0.220 e. The molecule has 1 aromatic rings. The fourth-order valence-corrected chi connectivity index (χ4v) is 2.00. The molecule has 96 valence electrons. The van der Waals surface area contributed by atoms with Gasteiger partial charge >= 0.3 is 0 Å². The molecule has 0 bridgehead atoms. The summed E-state index contributed by atoms with van der Waals surface area (Å²) in [7, 11) is 0. The number of rotatable bonds is 7. The molecular formula is C14H18N2OS. The van der Waals surface area contributed by atoms with Crippen LogP contribution < -0.4 is 11.1 Å². The molecule has 4 heteroatoms. The van der Waals surface area contributed by atoms with E-state index in [-0.39, 0.29) is 5.91 Å². The Morgan fingerprint density at radius 3 is 2.94 bits per heavy atom. The van der Waals surface area contributed by atoms with Crippen LogP contribution in [0.5, 0.6) is 0 Å². The SMILES string of the molecule is C#CCSCCNC(=O)CCc1ccccc1N. The third-order valence-corrected chi connectivity index (χ3v) is 3.29. The van der Waals surface area contributed by atoms with Gasteiger partial charge in [-0.2, -0.15) is 0 Å². The summed E-state index contributed by atoms with van der Waals surface area (Å²) in [5.74, 6) is 4.14. The molecule has 0 unspecified atom stereocenters. The van der Waals surface area contributed by atoms with Crippen molar-refractivity contribution in [3.63, 3.8) is 0 Å². The number of terminal acetylenes is 1. The minimum atomic E-state index is 0.0551. The van der Waals surface area contributed by atoms with Crippen molar-refractivity contribution in [3.05, 3.63) is 29.8 Å². The molecule has 0 heterocycles. The van der Waals surface area contributed by atoms with Gasteiger partial charge in [-0.15, -0.1) is 18.2 Å². The highest BCUT2D eigenvalue weighted by Gasteiger charge is 2.03. The number of nitrogens with one attached hydrogen (secondary N) is 1. The molecule has 0 spiro atoms. The van der Waals surface area contributed by atoms with E-state index in [0.717, 1.165) is 17.0 Å². The molecule has 0 aromatic heterocycles. The topological polar surface area (TPSA) is 55.1 Å². The number of nitrogens with two attached hydrogens (primary N) is 1. The second-order valence-electron chi connectivity index (χ2n) is 3.81. The standard InChI is InChI=1S/C14H18N2OS/c1-2-10-18-11-9-16-14(17)8-7-12-5-3-4-6-13(12)15/h1,3-6H,7-11,15H2,(H,16,17). The Kier molecular flexibility index (Phi) is 6.82. The van der Waals surface area contributed by atoms with E-state index in [0.29, 0.717) is 25.1 Å². The summed E-state index contributed by atoms with van der Waals surface area (Å²) in [4.78, 5) is 11.6. The van der Waals surface area contributed by atoms with E-state index < -0.39 is 0 Å². The molecule has 3 nitrogen and oxygen atoms in total. The van der Waals surface area contributed by atoms with E-state index in [9.17, 15) is 4.79 Å². The van der Waals surface area contributed by atoms with Crippen LogP contribution in [0.1, 0.15) is 12.0 Å². The van der Waals surface area contributed by atoms with Gasteiger partial charge in [-0.1, -0.05) is 24.1 Å². The molecule has 1 rings (SSSR count). The molecule has 0 atom stereocenters. The van der Waals surface area contributed by atoms with Crippen LogP contribution in [0.4, 0.5) is 5.69 Å². The molecule has 3 N–H and O–H groups in total. The van der Waals surface area contributed by atoms with Crippen molar-refractivity contribution in [3.8, 4) is 12.3 Å². The van der Waals surface area contributed by atoms with Gasteiger partial charge in [0.25, 0.3) is 0 Å². The monoisotopic (exact) mass is 262 g/mol. The van der Waals surface area contributed by atoms with Gasteiger partial charge in [-0.3, -0.25) is 4.79 Å². The summed E-state index contributed by atoms with van der Waals surface area (Å²) in [5, 5.41) is 2.86. The highest BCUT2D eigenvalue weighted by atomic mass is 32.2. The number of para-hydroxylation sites is 1. The Labute approximate surface area is 113 Å². The van der Waals surface area contributed by atoms with Gasteiger partial charge < -0.3 is 11.1 Å². The van der Waals surface area contributed by atoms with Crippen molar-refractivity contribution in [2.24, 2.45) is 0 Å². The molecule has 0 radical (unpaired) electrons. The molecule has 1 amide bonds. The van der Waals surface area contributed by atoms with Crippen LogP contribution >= 0.6 is 11.8 Å². The summed E-state index contributed by atoms with van der Waals surface area (Å²) in [6.07, 6.45) is 6.27.